The first-order valence-electron chi connectivity index (χ1n) is 8.27. The summed E-state index contributed by atoms with van der Waals surface area (Å²) < 4.78 is 0. The van der Waals surface area contributed by atoms with Crippen molar-refractivity contribution in [1.82, 2.24) is 9.88 Å². The number of hydrogen-bond donors (Lipinski definition) is 1. The van der Waals surface area contributed by atoms with Crippen molar-refractivity contribution in [2.45, 2.75) is 58.4 Å². The average molecular weight is 289 g/mol. The Morgan fingerprint density at radius 3 is 2.76 bits per heavy atom. The van der Waals surface area contributed by atoms with Crippen molar-refractivity contribution in [3.63, 3.8) is 0 Å². The smallest absolute Gasteiger partial charge is 0.272 e. The van der Waals surface area contributed by atoms with Gasteiger partial charge in [-0.1, -0.05) is 26.2 Å². The highest BCUT2D eigenvalue weighted by atomic mass is 16.2. The van der Waals surface area contributed by atoms with Gasteiger partial charge in [-0.05, 0) is 38.3 Å². The van der Waals surface area contributed by atoms with Crippen molar-refractivity contribution in [3.8, 4) is 0 Å². The van der Waals surface area contributed by atoms with E-state index in [1.54, 1.807) is 6.20 Å². The number of carbonyl (C=O) groups is 1. The van der Waals surface area contributed by atoms with E-state index < -0.39 is 0 Å². The van der Waals surface area contributed by atoms with Gasteiger partial charge in [-0.15, -0.1) is 0 Å². The van der Waals surface area contributed by atoms with Crippen LogP contribution in [0, 0.1) is 0 Å². The molecule has 0 atom stereocenters. The quantitative estimate of drug-likeness (QED) is 0.868. The topological polar surface area (TPSA) is 45.2 Å². The van der Waals surface area contributed by atoms with Crippen LogP contribution in [-0.2, 0) is 0 Å². The lowest BCUT2D eigenvalue weighted by molar-refractivity contribution is 0.0642. The molecule has 1 amide bonds. The van der Waals surface area contributed by atoms with E-state index in [1.165, 1.54) is 19.3 Å². The molecule has 1 aliphatic rings. The van der Waals surface area contributed by atoms with Gasteiger partial charge in [0.05, 0.1) is 0 Å². The van der Waals surface area contributed by atoms with Crippen molar-refractivity contribution in [1.29, 1.82) is 0 Å². The normalized spacial score (nSPS) is 15.7. The number of rotatable bonds is 6. The molecule has 0 unspecified atom stereocenters. The second kappa shape index (κ2) is 8.01. The first-order valence-corrected chi connectivity index (χ1v) is 8.27. The largest absolute Gasteiger partial charge is 0.385 e. The molecule has 21 heavy (non-hydrogen) atoms. The molecule has 2 rings (SSSR count). The van der Waals surface area contributed by atoms with Gasteiger partial charge in [-0.2, -0.15) is 0 Å². The molecule has 1 aromatic heterocycles. The van der Waals surface area contributed by atoms with E-state index in [9.17, 15) is 4.79 Å². The minimum absolute atomic E-state index is 0.0737. The Morgan fingerprint density at radius 2 is 2.10 bits per heavy atom. The molecule has 1 N–H and O–H groups in total. The van der Waals surface area contributed by atoms with Crippen molar-refractivity contribution in [2.75, 3.05) is 18.4 Å². The summed E-state index contributed by atoms with van der Waals surface area (Å²) in [7, 11) is 0. The van der Waals surface area contributed by atoms with Gasteiger partial charge in [-0.25, -0.2) is 0 Å². The van der Waals surface area contributed by atoms with Crippen LogP contribution in [0.2, 0.25) is 0 Å². The molecule has 4 heteroatoms. The predicted molar refractivity (Wildman–Crippen MR) is 86.6 cm³/mol. The lowest BCUT2D eigenvalue weighted by Gasteiger charge is -2.33. The fourth-order valence-corrected chi connectivity index (χ4v) is 3.03. The molecular formula is C17H27N3O. The van der Waals surface area contributed by atoms with Crippen LogP contribution in [-0.4, -0.2) is 34.9 Å². The molecule has 1 saturated carbocycles. The summed E-state index contributed by atoms with van der Waals surface area (Å²) in [6.07, 6.45) is 8.83. The molecule has 1 fully saturated rings. The molecule has 116 valence electrons. The molecule has 0 spiro atoms. The van der Waals surface area contributed by atoms with Crippen molar-refractivity contribution in [3.05, 3.63) is 24.0 Å². The fraction of sp³-hybridized carbons (Fsp3) is 0.647. The lowest BCUT2D eigenvalue weighted by atomic mass is 9.94. The zero-order valence-electron chi connectivity index (χ0n) is 13.3. The summed E-state index contributed by atoms with van der Waals surface area (Å²) in [6.45, 7) is 5.86. The number of anilines is 1. The average Bonchev–Trinajstić information content (AvgIpc) is 2.55. The Kier molecular flexibility index (Phi) is 6.03. The van der Waals surface area contributed by atoms with Crippen LogP contribution >= 0.6 is 0 Å². The summed E-state index contributed by atoms with van der Waals surface area (Å²) in [5.74, 6) is 0.0737. The van der Waals surface area contributed by atoms with E-state index in [4.69, 9.17) is 0 Å². The Bertz CT molecular complexity index is 455. The van der Waals surface area contributed by atoms with Crippen LogP contribution in [0.5, 0.6) is 0 Å². The molecule has 0 aliphatic heterocycles. The highest BCUT2D eigenvalue weighted by Gasteiger charge is 2.25. The number of pyridine rings is 1. The second-order valence-electron chi connectivity index (χ2n) is 5.74. The monoisotopic (exact) mass is 289 g/mol. The number of carbonyl (C=O) groups excluding carboxylic acids is 1. The van der Waals surface area contributed by atoms with Gasteiger partial charge in [-0.3, -0.25) is 9.78 Å². The molecule has 1 heterocycles. The molecule has 1 aliphatic carbocycles. The minimum Gasteiger partial charge on any atom is -0.385 e. The number of amides is 1. The summed E-state index contributed by atoms with van der Waals surface area (Å²) in [6, 6.07) is 4.19. The van der Waals surface area contributed by atoms with Crippen molar-refractivity contribution in [2.24, 2.45) is 0 Å². The highest BCUT2D eigenvalue weighted by Crippen LogP contribution is 2.24. The summed E-state index contributed by atoms with van der Waals surface area (Å²) in [5, 5.41) is 3.32. The van der Waals surface area contributed by atoms with Crippen LogP contribution in [0.3, 0.4) is 0 Å². The number of hydrogen-bond acceptors (Lipinski definition) is 3. The van der Waals surface area contributed by atoms with E-state index in [2.05, 4.69) is 24.1 Å². The number of aromatic nitrogens is 1. The molecule has 0 aromatic carbocycles. The lowest BCUT2D eigenvalue weighted by Crippen LogP contribution is -2.41. The van der Waals surface area contributed by atoms with Gasteiger partial charge in [0, 0.05) is 31.0 Å². The van der Waals surface area contributed by atoms with Gasteiger partial charge >= 0.3 is 0 Å². The third-order valence-corrected chi connectivity index (χ3v) is 4.18. The van der Waals surface area contributed by atoms with E-state index in [1.807, 2.05) is 17.0 Å². The van der Waals surface area contributed by atoms with Crippen LogP contribution in [0.25, 0.3) is 0 Å². The zero-order valence-corrected chi connectivity index (χ0v) is 13.3. The highest BCUT2D eigenvalue weighted by molar-refractivity contribution is 5.93. The van der Waals surface area contributed by atoms with Gasteiger partial charge in [0.1, 0.15) is 5.69 Å². The van der Waals surface area contributed by atoms with E-state index in [-0.39, 0.29) is 5.91 Å². The maximum absolute atomic E-state index is 12.7. The zero-order chi connectivity index (χ0) is 15.1. The third kappa shape index (κ3) is 4.19. The SMILES string of the molecule is CCCNc1ccnc(C(=O)N(CC)C2CCCCC2)c1. The maximum atomic E-state index is 12.7. The van der Waals surface area contributed by atoms with Gasteiger partial charge in [0.2, 0.25) is 0 Å². The van der Waals surface area contributed by atoms with E-state index in [0.29, 0.717) is 11.7 Å². The Hall–Kier alpha value is -1.58. The standard InChI is InChI=1S/C17H27N3O/c1-3-11-18-14-10-12-19-16(13-14)17(21)20(4-2)15-8-6-5-7-9-15/h10,12-13,15H,3-9,11H2,1-2H3,(H,18,19). The molecule has 0 radical (unpaired) electrons. The Balaban J connectivity index is 2.09. The van der Waals surface area contributed by atoms with Crippen LogP contribution in [0.15, 0.2) is 18.3 Å². The number of nitrogens with one attached hydrogen (secondary N) is 1. The Morgan fingerprint density at radius 1 is 1.33 bits per heavy atom. The predicted octanol–water partition coefficient (Wildman–Crippen LogP) is 3.70. The van der Waals surface area contributed by atoms with Crippen LogP contribution in [0.1, 0.15) is 62.9 Å². The first-order chi connectivity index (χ1) is 10.3. The van der Waals surface area contributed by atoms with E-state index in [0.717, 1.165) is 38.0 Å². The third-order valence-electron chi connectivity index (χ3n) is 4.18. The fourth-order valence-electron chi connectivity index (χ4n) is 3.03. The van der Waals surface area contributed by atoms with Crippen molar-refractivity contribution >= 4 is 11.6 Å². The van der Waals surface area contributed by atoms with Crippen LogP contribution < -0.4 is 5.32 Å². The summed E-state index contributed by atoms with van der Waals surface area (Å²) in [4.78, 5) is 19.0. The molecule has 0 saturated heterocycles. The van der Waals surface area contributed by atoms with Gasteiger partial charge < -0.3 is 10.2 Å². The van der Waals surface area contributed by atoms with Crippen molar-refractivity contribution < 1.29 is 4.79 Å². The Labute approximate surface area is 127 Å². The summed E-state index contributed by atoms with van der Waals surface area (Å²) in [5.41, 5.74) is 1.54. The molecular weight excluding hydrogens is 262 g/mol. The minimum atomic E-state index is 0.0737. The first kappa shape index (κ1) is 15.8. The van der Waals surface area contributed by atoms with E-state index >= 15 is 0 Å². The summed E-state index contributed by atoms with van der Waals surface area (Å²) >= 11 is 0. The second-order valence-corrected chi connectivity index (χ2v) is 5.74. The van der Waals surface area contributed by atoms with Gasteiger partial charge in [0.25, 0.3) is 5.91 Å². The maximum Gasteiger partial charge on any atom is 0.272 e. The van der Waals surface area contributed by atoms with Crippen LogP contribution in [0.4, 0.5) is 5.69 Å². The molecule has 1 aromatic rings. The molecule has 0 bridgehead atoms. The number of nitrogens with zero attached hydrogens (tertiary/aromatic N) is 2. The van der Waals surface area contributed by atoms with Gasteiger partial charge in [0.15, 0.2) is 0 Å². The molecule has 4 nitrogen and oxygen atoms in total.